The van der Waals surface area contributed by atoms with Gasteiger partial charge in [-0.25, -0.2) is 0 Å². The predicted molar refractivity (Wildman–Crippen MR) is 92.2 cm³/mol. The molecule has 0 amide bonds. The SMILES string of the molecule is Cc1ccc(S(=O)(=O)O[C@H]2[C@@H]3OC[C@@H](O3)[C@@H]([NH+]3CCCCC3)[C@@H]2O)cc1. The van der Waals surface area contributed by atoms with Crippen LogP contribution in [0.25, 0.3) is 0 Å². The lowest BCUT2D eigenvalue weighted by molar-refractivity contribution is -0.938. The fourth-order valence-corrected chi connectivity index (χ4v) is 5.32. The largest absolute Gasteiger partial charge is 0.384 e. The molecule has 3 heterocycles. The van der Waals surface area contributed by atoms with Gasteiger partial charge in [-0.1, -0.05) is 17.7 Å². The van der Waals surface area contributed by atoms with E-state index >= 15 is 0 Å². The number of rotatable bonds is 4. The van der Waals surface area contributed by atoms with E-state index in [2.05, 4.69) is 0 Å². The number of hydrogen-bond donors (Lipinski definition) is 2. The van der Waals surface area contributed by atoms with Gasteiger partial charge in [0.25, 0.3) is 10.1 Å². The summed E-state index contributed by atoms with van der Waals surface area (Å²) in [5.74, 6) is 0. The highest BCUT2D eigenvalue weighted by Crippen LogP contribution is 2.31. The van der Waals surface area contributed by atoms with E-state index in [9.17, 15) is 13.5 Å². The average Bonchev–Trinajstić information content (AvgIpc) is 3.06. The number of aryl methyl sites for hydroxylation is 1. The minimum absolute atomic E-state index is 0.0669. The number of nitrogens with one attached hydrogen (secondary N) is 1. The van der Waals surface area contributed by atoms with Crippen molar-refractivity contribution in [1.82, 2.24) is 0 Å². The van der Waals surface area contributed by atoms with Gasteiger partial charge in [0.2, 0.25) is 0 Å². The molecule has 3 aliphatic rings. The second kappa shape index (κ2) is 7.18. The van der Waals surface area contributed by atoms with E-state index in [1.54, 1.807) is 12.1 Å². The molecule has 1 aromatic carbocycles. The van der Waals surface area contributed by atoms with Crippen molar-refractivity contribution in [3.8, 4) is 0 Å². The van der Waals surface area contributed by atoms with Crippen molar-refractivity contribution in [1.29, 1.82) is 0 Å². The van der Waals surface area contributed by atoms with Crippen LogP contribution in [0.2, 0.25) is 0 Å². The number of quaternary nitrogens is 1. The van der Waals surface area contributed by atoms with Crippen LogP contribution in [-0.2, 0) is 23.8 Å². The smallest absolute Gasteiger partial charge is 0.297 e. The first-order valence-corrected chi connectivity index (χ1v) is 10.7. The van der Waals surface area contributed by atoms with E-state index in [1.165, 1.54) is 23.5 Å². The first-order chi connectivity index (χ1) is 12.5. The molecule has 3 fully saturated rings. The molecule has 0 radical (unpaired) electrons. The molecule has 26 heavy (non-hydrogen) atoms. The molecule has 2 N–H and O–H groups in total. The number of likely N-dealkylation sites (tertiary alicyclic amines) is 1. The average molecular weight is 384 g/mol. The third kappa shape index (κ3) is 3.42. The molecule has 4 rings (SSSR count). The third-order valence-electron chi connectivity index (χ3n) is 5.62. The van der Waals surface area contributed by atoms with Crippen LogP contribution in [0.1, 0.15) is 24.8 Å². The summed E-state index contributed by atoms with van der Waals surface area (Å²) in [6.45, 7) is 4.14. The molecule has 3 aliphatic heterocycles. The molecular weight excluding hydrogens is 358 g/mol. The van der Waals surface area contributed by atoms with Crippen molar-refractivity contribution in [2.75, 3.05) is 19.7 Å². The second-order valence-corrected chi connectivity index (χ2v) is 9.01. The first kappa shape index (κ1) is 18.3. The maximum absolute atomic E-state index is 12.7. The molecule has 144 valence electrons. The van der Waals surface area contributed by atoms with Crippen molar-refractivity contribution in [2.45, 2.75) is 61.7 Å². The van der Waals surface area contributed by atoms with Crippen molar-refractivity contribution < 1.29 is 32.1 Å². The van der Waals surface area contributed by atoms with Gasteiger partial charge in [0.15, 0.2) is 12.4 Å². The van der Waals surface area contributed by atoms with Gasteiger partial charge in [-0.05, 0) is 38.3 Å². The lowest BCUT2D eigenvalue weighted by Gasteiger charge is -2.41. The zero-order valence-electron chi connectivity index (χ0n) is 14.8. The summed E-state index contributed by atoms with van der Waals surface area (Å²) in [4.78, 5) is 1.32. The summed E-state index contributed by atoms with van der Waals surface area (Å²) in [5, 5.41) is 10.9. The Balaban J connectivity index is 1.56. The molecule has 3 saturated heterocycles. The van der Waals surface area contributed by atoms with Crippen LogP contribution in [0.3, 0.4) is 0 Å². The summed E-state index contributed by atoms with van der Waals surface area (Å²) in [5.41, 5.74) is 0.959. The Morgan fingerprint density at radius 3 is 2.54 bits per heavy atom. The van der Waals surface area contributed by atoms with Crippen LogP contribution in [0.5, 0.6) is 0 Å². The maximum Gasteiger partial charge on any atom is 0.297 e. The van der Waals surface area contributed by atoms with Crippen LogP contribution in [0.4, 0.5) is 0 Å². The highest BCUT2D eigenvalue weighted by molar-refractivity contribution is 7.86. The Hall–Kier alpha value is -1.03. The zero-order chi connectivity index (χ0) is 18.3. The quantitative estimate of drug-likeness (QED) is 0.689. The number of benzene rings is 1. The van der Waals surface area contributed by atoms with Crippen LogP contribution < -0.4 is 4.90 Å². The molecule has 0 aromatic heterocycles. The molecule has 5 atom stereocenters. The van der Waals surface area contributed by atoms with Crippen molar-refractivity contribution >= 4 is 10.1 Å². The van der Waals surface area contributed by atoms with Gasteiger partial charge < -0.3 is 19.5 Å². The van der Waals surface area contributed by atoms with Crippen LogP contribution in [0.15, 0.2) is 29.2 Å². The highest BCUT2D eigenvalue weighted by Gasteiger charge is 2.56. The summed E-state index contributed by atoms with van der Waals surface area (Å²) in [6.07, 6.45) is 0.319. The standard InChI is InChI=1S/C18H25NO6S/c1-12-5-7-13(8-6-12)26(21,22)25-17-16(20)15(14-11-23-18(17)24-14)19-9-3-2-4-10-19/h5-8,14-18,20H,2-4,9-11H2,1H3/p+1/t14-,15-,16+,17-,18-/m1/s1. The monoisotopic (exact) mass is 384 g/mol. The summed E-state index contributed by atoms with van der Waals surface area (Å²) in [6, 6.07) is 6.21. The molecule has 0 saturated carbocycles. The Morgan fingerprint density at radius 2 is 1.85 bits per heavy atom. The first-order valence-electron chi connectivity index (χ1n) is 9.25. The second-order valence-electron chi connectivity index (χ2n) is 7.44. The molecule has 0 spiro atoms. The lowest BCUT2D eigenvalue weighted by atomic mass is 9.94. The lowest BCUT2D eigenvalue weighted by Crippen LogP contribution is -3.19. The molecule has 0 aliphatic carbocycles. The number of ether oxygens (including phenoxy) is 2. The Labute approximate surface area is 154 Å². The van der Waals surface area contributed by atoms with E-state index in [-0.39, 0.29) is 17.0 Å². The minimum atomic E-state index is -4.02. The van der Waals surface area contributed by atoms with Gasteiger partial charge in [0.05, 0.1) is 24.6 Å². The van der Waals surface area contributed by atoms with E-state index in [0.717, 1.165) is 31.5 Å². The van der Waals surface area contributed by atoms with Gasteiger partial charge in [-0.3, -0.25) is 4.18 Å². The van der Waals surface area contributed by atoms with Crippen LogP contribution in [-0.4, -0.2) is 63.9 Å². The molecule has 8 heteroatoms. The van der Waals surface area contributed by atoms with Gasteiger partial charge in [0.1, 0.15) is 18.2 Å². The number of aliphatic hydroxyl groups is 1. The Morgan fingerprint density at radius 1 is 1.15 bits per heavy atom. The fourth-order valence-electron chi connectivity index (χ4n) is 4.24. The van der Waals surface area contributed by atoms with Gasteiger partial charge in [-0.15, -0.1) is 0 Å². The number of hydrogen-bond acceptors (Lipinski definition) is 6. The minimum Gasteiger partial charge on any atom is -0.384 e. The molecule has 0 unspecified atom stereocenters. The molecular formula is C18H26NO6S+. The summed E-state index contributed by atoms with van der Waals surface area (Å²) < 4.78 is 42.2. The van der Waals surface area contributed by atoms with E-state index in [4.69, 9.17) is 13.7 Å². The third-order valence-corrected chi connectivity index (χ3v) is 6.95. The molecule has 7 nitrogen and oxygen atoms in total. The summed E-state index contributed by atoms with van der Waals surface area (Å²) in [7, 11) is -4.02. The van der Waals surface area contributed by atoms with Crippen LogP contribution in [0, 0.1) is 6.92 Å². The summed E-state index contributed by atoms with van der Waals surface area (Å²) >= 11 is 0. The number of fused-ring (bicyclic) bond motifs is 2. The number of piperidine rings is 1. The maximum atomic E-state index is 12.7. The number of aliphatic hydroxyl groups excluding tert-OH is 1. The molecule has 1 aromatic rings. The van der Waals surface area contributed by atoms with Gasteiger partial charge in [-0.2, -0.15) is 8.42 Å². The van der Waals surface area contributed by atoms with E-state index < -0.39 is 28.6 Å². The Kier molecular flexibility index (Phi) is 5.06. The predicted octanol–water partition coefficient (Wildman–Crippen LogP) is -0.378. The van der Waals surface area contributed by atoms with Crippen molar-refractivity contribution in [3.63, 3.8) is 0 Å². The van der Waals surface area contributed by atoms with E-state index in [1.807, 2.05) is 6.92 Å². The fraction of sp³-hybridized carbons (Fsp3) is 0.667. The molecule has 2 bridgehead atoms. The Bertz CT molecular complexity index is 731. The highest BCUT2D eigenvalue weighted by atomic mass is 32.2. The zero-order valence-corrected chi connectivity index (χ0v) is 15.7. The van der Waals surface area contributed by atoms with Gasteiger partial charge in [0, 0.05) is 0 Å². The topological polar surface area (TPSA) is 86.5 Å². The van der Waals surface area contributed by atoms with Crippen molar-refractivity contribution in [2.24, 2.45) is 0 Å². The van der Waals surface area contributed by atoms with Crippen molar-refractivity contribution in [3.05, 3.63) is 29.8 Å². The van der Waals surface area contributed by atoms with Gasteiger partial charge >= 0.3 is 0 Å². The van der Waals surface area contributed by atoms with E-state index in [0.29, 0.717) is 6.61 Å². The van der Waals surface area contributed by atoms with Crippen LogP contribution >= 0.6 is 0 Å². The normalized spacial score (nSPS) is 35.5.